The quantitative estimate of drug-likeness (QED) is 0.207. The van der Waals surface area contributed by atoms with E-state index in [0.717, 1.165) is 66.7 Å². The molecule has 2 N–H and O–H groups in total. The van der Waals surface area contributed by atoms with E-state index in [1.807, 2.05) is 30.5 Å². The van der Waals surface area contributed by atoms with Crippen molar-refractivity contribution in [1.29, 1.82) is 0 Å². The van der Waals surface area contributed by atoms with E-state index < -0.39 is 32.6 Å². The molecule has 52 heavy (non-hydrogen) atoms. The number of allylic oxidation sites excluding steroid dienone is 4. The van der Waals surface area contributed by atoms with Gasteiger partial charge in [-0.25, -0.2) is 8.42 Å². The normalized spacial score (nSPS) is 47.0. The lowest BCUT2D eigenvalue weighted by Gasteiger charge is -2.71. The maximum atomic E-state index is 14.9. The van der Waals surface area contributed by atoms with Gasteiger partial charge in [-0.3, -0.25) is 4.79 Å². The summed E-state index contributed by atoms with van der Waals surface area (Å²) < 4.78 is 31.6. The summed E-state index contributed by atoms with van der Waals surface area (Å²) in [7, 11) is -3.83. The van der Waals surface area contributed by atoms with Crippen molar-refractivity contribution in [2.45, 2.75) is 120 Å². The molecule has 8 unspecified atom stereocenters. The number of aliphatic hydroxyl groups excluding tert-OH is 1. The Hall–Kier alpha value is -1.62. The fourth-order valence-corrected chi connectivity index (χ4v) is 18.8. The molecule has 2 aromatic rings. The number of aliphatic hydroxyl groups is 2. The van der Waals surface area contributed by atoms with Crippen molar-refractivity contribution in [3.8, 4) is 0 Å². The number of Topliss-reactive ketones (excluding diaryl/α,β-unsaturated/α-hetero) is 1. The number of rotatable bonds is 8. The van der Waals surface area contributed by atoms with Crippen molar-refractivity contribution in [2.24, 2.45) is 56.7 Å². The first kappa shape index (κ1) is 34.8. The van der Waals surface area contributed by atoms with Gasteiger partial charge in [-0.15, -0.1) is 22.7 Å². The van der Waals surface area contributed by atoms with Crippen LogP contribution in [0.4, 0.5) is 0 Å². The minimum absolute atomic E-state index is 0.00912. The van der Waals surface area contributed by atoms with E-state index in [9.17, 15) is 23.4 Å². The first-order valence-corrected chi connectivity index (χ1v) is 23.3. The minimum atomic E-state index is -3.83. The second kappa shape index (κ2) is 11.2. The van der Waals surface area contributed by atoms with Gasteiger partial charge >= 0.3 is 0 Å². The van der Waals surface area contributed by atoms with Gasteiger partial charge in [0.05, 0.1) is 16.6 Å². The smallest absolute Gasteiger partial charge is 0.252 e. The van der Waals surface area contributed by atoms with Crippen LogP contribution >= 0.6 is 22.7 Å². The third kappa shape index (κ3) is 4.56. The summed E-state index contributed by atoms with van der Waals surface area (Å²) in [5.74, 6) is 2.41. The number of carbonyl (C=O) groups excluding carboxylic acids is 1. The van der Waals surface area contributed by atoms with Gasteiger partial charge in [0.1, 0.15) is 4.21 Å². The number of aryl methyl sites for hydroxylation is 1. The van der Waals surface area contributed by atoms with Crippen molar-refractivity contribution < 1.29 is 23.4 Å². The van der Waals surface area contributed by atoms with E-state index in [0.29, 0.717) is 41.3 Å². The molecule has 9 heteroatoms. The predicted molar refractivity (Wildman–Crippen MR) is 206 cm³/mol. The van der Waals surface area contributed by atoms with Crippen molar-refractivity contribution >= 4 is 38.5 Å². The molecule has 0 amide bonds. The molecule has 0 saturated heterocycles. The van der Waals surface area contributed by atoms with Crippen molar-refractivity contribution in [3.05, 3.63) is 63.2 Å². The Kier molecular flexibility index (Phi) is 7.53. The Morgan fingerprint density at radius 3 is 2.21 bits per heavy atom. The lowest BCUT2D eigenvalue weighted by Crippen LogP contribution is -2.67. The number of hydrogen-bond donors (Lipinski definition) is 2. The zero-order chi connectivity index (χ0) is 36.1. The Morgan fingerprint density at radius 2 is 1.56 bits per heavy atom. The van der Waals surface area contributed by atoms with E-state index in [2.05, 4.69) is 32.1 Å². The second-order valence-corrected chi connectivity index (χ2v) is 24.1. The maximum Gasteiger partial charge on any atom is 0.252 e. The van der Waals surface area contributed by atoms with E-state index >= 15 is 0 Å². The summed E-state index contributed by atoms with van der Waals surface area (Å²) in [4.78, 5) is 16.7. The Balaban J connectivity index is 1.06. The van der Waals surface area contributed by atoms with E-state index in [1.165, 1.54) is 30.6 Å². The number of thiophene rings is 2. The molecule has 0 aromatic carbocycles. The highest BCUT2D eigenvalue weighted by atomic mass is 32.2. The minimum Gasteiger partial charge on any atom is -0.393 e. The van der Waals surface area contributed by atoms with Gasteiger partial charge in [0.25, 0.3) is 10.0 Å². The number of fused-ring (bicyclic) bond motifs is 1. The summed E-state index contributed by atoms with van der Waals surface area (Å²) in [6.45, 7) is 7.31. The SMILES string of the molecule is Cc1ccc(C(=O)C2=CC34C=CC25C(CCC2(C)C5CCC2(O)CN(CC25CC6CC(CC(C6)C2)C5)S(=O)(=O)c2cccs2)C3(C)CCC(O)C4)s1. The first-order chi connectivity index (χ1) is 24.6. The Bertz CT molecular complexity index is 1950. The first-order valence-electron chi connectivity index (χ1n) is 20.1. The van der Waals surface area contributed by atoms with Gasteiger partial charge < -0.3 is 10.2 Å². The number of carbonyl (C=O) groups is 1. The van der Waals surface area contributed by atoms with Crippen molar-refractivity contribution in [2.75, 3.05) is 13.1 Å². The van der Waals surface area contributed by atoms with Crippen LogP contribution in [0.1, 0.15) is 112 Å². The molecule has 0 radical (unpaired) electrons. The monoisotopic (exact) mass is 761 g/mol. The molecular formula is C43H55NO5S3. The highest BCUT2D eigenvalue weighted by molar-refractivity contribution is 7.91. The van der Waals surface area contributed by atoms with Crippen LogP contribution < -0.4 is 0 Å². The standard InChI is InChI=1S/C43H55NO5S3/c1-27-6-7-33(51-27)37(46)32-24-41-14-15-43(32)34(38(41,2)11-8-31(45)23-41)9-12-39(3)35(43)10-13-42(39,47)26-44(52(48,49)36-5-4-16-50-36)25-40-20-28-17-29(21-40)19-30(18-28)22-40/h4-7,14-16,24,28-31,34-35,45,47H,8-13,17-23,25-26H2,1-3H3. The summed E-state index contributed by atoms with van der Waals surface area (Å²) >= 11 is 2.84. The molecule has 8 atom stereocenters. The molecule has 6 bridgehead atoms. The maximum absolute atomic E-state index is 14.9. The van der Waals surface area contributed by atoms with Crippen LogP contribution in [0.3, 0.4) is 0 Å². The Morgan fingerprint density at radius 1 is 0.885 bits per heavy atom. The van der Waals surface area contributed by atoms with Crippen LogP contribution in [0.25, 0.3) is 0 Å². The van der Waals surface area contributed by atoms with E-state index in [-0.39, 0.29) is 40.4 Å². The van der Waals surface area contributed by atoms with Crippen molar-refractivity contribution in [1.82, 2.24) is 4.31 Å². The van der Waals surface area contributed by atoms with Gasteiger partial charge in [0.2, 0.25) is 0 Å². The molecule has 2 heterocycles. The number of hydrogen-bond acceptors (Lipinski definition) is 7. The average Bonchev–Trinajstić information content (AvgIpc) is 3.84. The second-order valence-electron chi connectivity index (χ2n) is 19.7. The summed E-state index contributed by atoms with van der Waals surface area (Å²) in [5.41, 5.74) is -2.00. The molecule has 280 valence electrons. The highest BCUT2D eigenvalue weighted by Crippen LogP contribution is 2.78. The third-order valence-electron chi connectivity index (χ3n) is 17.1. The molecule has 0 aliphatic heterocycles. The molecule has 6 nitrogen and oxygen atoms in total. The predicted octanol–water partition coefficient (Wildman–Crippen LogP) is 8.80. The van der Waals surface area contributed by atoms with Gasteiger partial charge in [0.15, 0.2) is 5.78 Å². The molecule has 7 fully saturated rings. The third-order valence-corrected chi connectivity index (χ3v) is 21.3. The Labute approximate surface area is 317 Å². The van der Waals surface area contributed by atoms with Crippen LogP contribution in [-0.2, 0) is 10.0 Å². The average molecular weight is 762 g/mol. The topological polar surface area (TPSA) is 94.9 Å². The largest absolute Gasteiger partial charge is 0.393 e. The molecule has 10 aliphatic carbocycles. The summed E-state index contributed by atoms with van der Waals surface area (Å²) in [6, 6.07) is 7.56. The molecule has 10 aliphatic rings. The number of ketones is 1. The van der Waals surface area contributed by atoms with Crippen LogP contribution in [0, 0.1) is 63.6 Å². The van der Waals surface area contributed by atoms with Crippen LogP contribution in [0.5, 0.6) is 0 Å². The van der Waals surface area contributed by atoms with Gasteiger partial charge in [0, 0.05) is 39.8 Å². The fraction of sp³-hybridized carbons (Fsp3) is 0.698. The van der Waals surface area contributed by atoms with Gasteiger partial charge in [-0.05, 0) is 154 Å². The van der Waals surface area contributed by atoms with Gasteiger partial charge in [-0.2, -0.15) is 4.31 Å². The fourth-order valence-electron chi connectivity index (χ4n) is 15.2. The summed E-state index contributed by atoms with van der Waals surface area (Å²) in [6.07, 6.45) is 19.1. The van der Waals surface area contributed by atoms with Crippen molar-refractivity contribution in [3.63, 3.8) is 0 Å². The summed E-state index contributed by atoms with van der Waals surface area (Å²) in [5, 5.41) is 26.2. The number of nitrogens with zero attached hydrogens (tertiary/aromatic N) is 1. The molecule has 2 spiro atoms. The van der Waals surface area contributed by atoms with Crippen LogP contribution in [0.2, 0.25) is 0 Å². The highest BCUT2D eigenvalue weighted by Gasteiger charge is 2.75. The zero-order valence-corrected chi connectivity index (χ0v) is 33.4. The molecular weight excluding hydrogens is 707 g/mol. The van der Waals surface area contributed by atoms with E-state index in [4.69, 9.17) is 0 Å². The molecule has 7 saturated carbocycles. The van der Waals surface area contributed by atoms with Gasteiger partial charge in [-0.1, -0.05) is 38.1 Å². The zero-order valence-electron chi connectivity index (χ0n) is 31.0. The molecule has 2 aromatic heterocycles. The van der Waals surface area contributed by atoms with Crippen LogP contribution in [-0.4, -0.2) is 53.5 Å². The lowest BCUT2D eigenvalue weighted by molar-refractivity contribution is -0.175. The van der Waals surface area contributed by atoms with Crippen LogP contribution in [0.15, 0.2) is 57.7 Å². The number of sulfonamides is 1. The lowest BCUT2D eigenvalue weighted by atomic mass is 9.32. The molecule has 12 rings (SSSR count). The van der Waals surface area contributed by atoms with E-state index in [1.54, 1.807) is 21.7 Å².